The molecule has 0 unspecified atom stereocenters. The molecular weight excluding hydrogens is 402 g/mol. The van der Waals surface area contributed by atoms with Crippen molar-refractivity contribution in [2.24, 2.45) is 0 Å². The van der Waals surface area contributed by atoms with Crippen LogP contribution < -0.4 is 5.32 Å². The highest BCUT2D eigenvalue weighted by molar-refractivity contribution is 9.13. The molecule has 1 aliphatic carbocycles. The summed E-state index contributed by atoms with van der Waals surface area (Å²) in [5, 5.41) is 3.15. The molecule has 0 amide bonds. The van der Waals surface area contributed by atoms with Gasteiger partial charge in [0.1, 0.15) is 5.82 Å². The molecule has 0 saturated heterocycles. The van der Waals surface area contributed by atoms with Crippen LogP contribution in [-0.2, 0) is 0 Å². The molecule has 2 heterocycles. The van der Waals surface area contributed by atoms with Gasteiger partial charge < -0.3 is 5.32 Å². The lowest BCUT2D eigenvalue weighted by molar-refractivity contribution is 0.696. The number of hydrogen-bond acceptors (Lipinski definition) is 4. The number of nitrogens with zero attached hydrogens (tertiary/aromatic N) is 2. The summed E-state index contributed by atoms with van der Waals surface area (Å²) in [5.41, 5.74) is 1.18. The number of halogens is 2. The molecule has 0 aromatic carbocycles. The zero-order chi connectivity index (χ0) is 14.1. The van der Waals surface area contributed by atoms with Crippen molar-refractivity contribution < 1.29 is 0 Å². The Morgan fingerprint density at radius 2 is 1.95 bits per heavy atom. The number of nitrogens with one attached hydrogen (secondary N) is 1. The standard InChI is InChI=1S/C14H15Br2N3S/c1-17-12-7-10(8-4-2-3-5-8)18-14(19-12)11-6-9(15)13(16)20-11/h6-8H,2-5H2,1H3,(H,17,18,19). The van der Waals surface area contributed by atoms with Crippen LogP contribution in [0.25, 0.3) is 10.7 Å². The molecule has 0 atom stereocenters. The third-order valence-electron chi connectivity index (χ3n) is 3.64. The predicted octanol–water partition coefficient (Wildman–Crippen LogP) is 5.43. The van der Waals surface area contributed by atoms with Gasteiger partial charge >= 0.3 is 0 Å². The fourth-order valence-corrected chi connectivity index (χ4v) is 4.56. The highest BCUT2D eigenvalue weighted by Gasteiger charge is 2.20. The number of thiophene rings is 1. The molecule has 1 fully saturated rings. The van der Waals surface area contributed by atoms with Crippen molar-refractivity contribution in [2.75, 3.05) is 12.4 Å². The Bertz CT molecular complexity index is 601. The molecule has 0 bridgehead atoms. The first-order valence-corrected chi connectivity index (χ1v) is 9.09. The lowest BCUT2D eigenvalue weighted by Gasteiger charge is -2.11. The molecule has 0 aliphatic heterocycles. The van der Waals surface area contributed by atoms with Crippen LogP contribution in [0, 0.1) is 0 Å². The van der Waals surface area contributed by atoms with Crippen molar-refractivity contribution in [3.05, 3.63) is 26.1 Å². The maximum atomic E-state index is 4.81. The van der Waals surface area contributed by atoms with Crippen LogP contribution in [-0.4, -0.2) is 17.0 Å². The van der Waals surface area contributed by atoms with Crippen LogP contribution in [0.15, 0.2) is 20.4 Å². The van der Waals surface area contributed by atoms with Gasteiger partial charge in [-0.05, 0) is 50.8 Å². The fourth-order valence-electron chi connectivity index (χ4n) is 2.59. The van der Waals surface area contributed by atoms with Gasteiger partial charge in [0.15, 0.2) is 5.82 Å². The van der Waals surface area contributed by atoms with E-state index in [1.165, 1.54) is 31.4 Å². The molecule has 3 rings (SSSR count). The van der Waals surface area contributed by atoms with Gasteiger partial charge in [-0.15, -0.1) is 11.3 Å². The monoisotopic (exact) mass is 415 g/mol. The first-order chi connectivity index (χ1) is 9.67. The Morgan fingerprint density at radius 1 is 1.20 bits per heavy atom. The largest absolute Gasteiger partial charge is 0.373 e. The smallest absolute Gasteiger partial charge is 0.171 e. The maximum Gasteiger partial charge on any atom is 0.171 e. The lowest BCUT2D eigenvalue weighted by Crippen LogP contribution is -2.03. The minimum Gasteiger partial charge on any atom is -0.373 e. The van der Waals surface area contributed by atoms with E-state index in [1.54, 1.807) is 11.3 Å². The van der Waals surface area contributed by atoms with Crippen molar-refractivity contribution >= 4 is 49.0 Å². The van der Waals surface area contributed by atoms with Crippen LogP contribution in [0.1, 0.15) is 37.3 Å². The molecule has 3 nitrogen and oxygen atoms in total. The SMILES string of the molecule is CNc1cc(C2CCCC2)nc(-c2cc(Br)c(Br)s2)n1. The average Bonchev–Trinajstić information content (AvgIpc) is 3.09. The minimum atomic E-state index is 0.593. The van der Waals surface area contributed by atoms with Crippen molar-refractivity contribution in [3.63, 3.8) is 0 Å². The molecule has 1 N–H and O–H groups in total. The van der Waals surface area contributed by atoms with Crippen LogP contribution in [0.4, 0.5) is 5.82 Å². The van der Waals surface area contributed by atoms with E-state index in [9.17, 15) is 0 Å². The van der Waals surface area contributed by atoms with Gasteiger partial charge in [0.2, 0.25) is 0 Å². The fraction of sp³-hybridized carbons (Fsp3) is 0.429. The summed E-state index contributed by atoms with van der Waals surface area (Å²) < 4.78 is 2.13. The van der Waals surface area contributed by atoms with Crippen LogP contribution >= 0.6 is 43.2 Å². The minimum absolute atomic E-state index is 0.593. The molecule has 2 aromatic heterocycles. The molecule has 106 valence electrons. The van der Waals surface area contributed by atoms with Crippen molar-refractivity contribution in [3.8, 4) is 10.7 Å². The van der Waals surface area contributed by atoms with E-state index in [2.05, 4.69) is 54.3 Å². The van der Waals surface area contributed by atoms with E-state index >= 15 is 0 Å². The Balaban J connectivity index is 2.03. The Kier molecular flexibility index (Phi) is 4.43. The molecule has 0 radical (unpaired) electrons. The summed E-state index contributed by atoms with van der Waals surface area (Å²) in [5.74, 6) is 2.31. The normalized spacial score (nSPS) is 15.8. The summed E-state index contributed by atoms with van der Waals surface area (Å²) in [6.07, 6.45) is 5.12. The molecule has 6 heteroatoms. The van der Waals surface area contributed by atoms with E-state index in [0.29, 0.717) is 5.92 Å². The highest BCUT2D eigenvalue weighted by atomic mass is 79.9. The van der Waals surface area contributed by atoms with E-state index in [4.69, 9.17) is 4.98 Å². The molecule has 1 saturated carbocycles. The second-order valence-electron chi connectivity index (χ2n) is 4.97. The van der Waals surface area contributed by atoms with Crippen LogP contribution in [0.5, 0.6) is 0 Å². The van der Waals surface area contributed by atoms with Gasteiger partial charge in [-0.1, -0.05) is 12.8 Å². The lowest BCUT2D eigenvalue weighted by atomic mass is 10.0. The number of aromatic nitrogens is 2. The zero-order valence-corrected chi connectivity index (χ0v) is 15.1. The number of anilines is 1. The third-order valence-corrected chi connectivity index (χ3v) is 6.89. The topological polar surface area (TPSA) is 37.8 Å². The van der Waals surface area contributed by atoms with E-state index in [-0.39, 0.29) is 0 Å². The highest BCUT2D eigenvalue weighted by Crippen LogP contribution is 2.39. The van der Waals surface area contributed by atoms with Crippen LogP contribution in [0.3, 0.4) is 0 Å². The van der Waals surface area contributed by atoms with E-state index in [1.807, 2.05) is 7.05 Å². The summed E-state index contributed by atoms with van der Waals surface area (Å²) in [7, 11) is 1.91. The summed E-state index contributed by atoms with van der Waals surface area (Å²) in [4.78, 5) is 10.5. The average molecular weight is 417 g/mol. The molecule has 2 aromatic rings. The Hall–Kier alpha value is -0.460. The summed E-state index contributed by atoms with van der Waals surface area (Å²) in [6.45, 7) is 0. The van der Waals surface area contributed by atoms with E-state index < -0.39 is 0 Å². The second kappa shape index (κ2) is 6.12. The zero-order valence-electron chi connectivity index (χ0n) is 11.1. The first kappa shape index (κ1) is 14.5. The summed E-state index contributed by atoms with van der Waals surface area (Å²) >= 11 is 8.72. The molecule has 20 heavy (non-hydrogen) atoms. The molecule has 1 aliphatic rings. The third kappa shape index (κ3) is 2.92. The van der Waals surface area contributed by atoms with Gasteiger partial charge in [-0.3, -0.25) is 0 Å². The van der Waals surface area contributed by atoms with E-state index in [0.717, 1.165) is 24.8 Å². The van der Waals surface area contributed by atoms with Crippen molar-refractivity contribution in [1.82, 2.24) is 9.97 Å². The van der Waals surface area contributed by atoms with Crippen molar-refractivity contribution in [1.29, 1.82) is 0 Å². The van der Waals surface area contributed by atoms with Crippen molar-refractivity contribution in [2.45, 2.75) is 31.6 Å². The van der Waals surface area contributed by atoms with Gasteiger partial charge in [0.25, 0.3) is 0 Å². The van der Waals surface area contributed by atoms with Gasteiger partial charge in [0, 0.05) is 29.2 Å². The number of hydrogen-bond donors (Lipinski definition) is 1. The summed E-state index contributed by atoms with van der Waals surface area (Å²) in [6, 6.07) is 4.17. The Morgan fingerprint density at radius 3 is 2.55 bits per heavy atom. The Labute approximate surface area is 139 Å². The first-order valence-electron chi connectivity index (χ1n) is 6.69. The maximum absolute atomic E-state index is 4.81. The van der Waals surface area contributed by atoms with Gasteiger partial charge in [0.05, 0.1) is 8.66 Å². The second-order valence-corrected chi connectivity index (χ2v) is 8.19. The van der Waals surface area contributed by atoms with Gasteiger partial charge in [-0.2, -0.15) is 0 Å². The van der Waals surface area contributed by atoms with Crippen LogP contribution in [0.2, 0.25) is 0 Å². The predicted molar refractivity (Wildman–Crippen MR) is 91.5 cm³/mol. The number of rotatable bonds is 3. The quantitative estimate of drug-likeness (QED) is 0.724. The molecular formula is C14H15Br2N3S. The molecule has 0 spiro atoms. The van der Waals surface area contributed by atoms with Gasteiger partial charge in [-0.25, -0.2) is 9.97 Å².